The van der Waals surface area contributed by atoms with Gasteiger partial charge in [-0.25, -0.2) is 4.39 Å². The number of hydrogen-bond donors (Lipinski definition) is 0. The van der Waals surface area contributed by atoms with E-state index in [4.69, 9.17) is 4.74 Å². The van der Waals surface area contributed by atoms with Gasteiger partial charge < -0.3 is 9.64 Å². The first-order valence-electron chi connectivity index (χ1n) is 9.96. The SMILES string of the molecule is C=CCn1c(COc2ccccc2F)nnc1SCC(=O)N1CCCCC1CC. The van der Waals surface area contributed by atoms with Gasteiger partial charge in [0.05, 0.1) is 5.75 Å². The summed E-state index contributed by atoms with van der Waals surface area (Å²) in [6.07, 6.45) is 6.06. The number of likely N-dealkylation sites (tertiary alicyclic amines) is 1. The van der Waals surface area contributed by atoms with Crippen molar-refractivity contribution in [1.82, 2.24) is 19.7 Å². The Bertz CT molecular complexity index is 842. The quantitative estimate of drug-likeness (QED) is 0.454. The number of carbonyl (C=O) groups is 1. The van der Waals surface area contributed by atoms with Crippen molar-refractivity contribution in [2.24, 2.45) is 0 Å². The van der Waals surface area contributed by atoms with E-state index >= 15 is 0 Å². The number of piperidine rings is 1. The highest BCUT2D eigenvalue weighted by atomic mass is 32.2. The Labute approximate surface area is 175 Å². The lowest BCUT2D eigenvalue weighted by molar-refractivity contribution is -0.132. The standard InChI is InChI=1S/C21H27FN4O2S/c1-3-12-26-19(14-28-18-11-6-5-10-17(18)22)23-24-21(26)29-15-20(27)25-13-8-7-9-16(25)4-2/h3,5-6,10-11,16H,1,4,7-9,12-15H2,2H3. The first kappa shape index (κ1) is 21.4. The summed E-state index contributed by atoms with van der Waals surface area (Å²) in [5.74, 6) is 0.765. The lowest BCUT2D eigenvalue weighted by Gasteiger charge is -2.35. The smallest absolute Gasteiger partial charge is 0.233 e. The second-order valence-electron chi connectivity index (χ2n) is 6.95. The van der Waals surface area contributed by atoms with Crippen LogP contribution >= 0.6 is 11.8 Å². The number of ether oxygens (including phenoxy) is 1. The molecule has 1 unspecified atom stereocenters. The van der Waals surface area contributed by atoms with Crippen molar-refractivity contribution in [3.8, 4) is 5.75 Å². The lowest BCUT2D eigenvalue weighted by atomic mass is 10.0. The van der Waals surface area contributed by atoms with E-state index in [1.165, 1.54) is 24.2 Å². The fraction of sp³-hybridized carbons (Fsp3) is 0.476. The molecule has 0 bridgehead atoms. The Morgan fingerprint density at radius 1 is 1.38 bits per heavy atom. The third-order valence-electron chi connectivity index (χ3n) is 5.04. The summed E-state index contributed by atoms with van der Waals surface area (Å²) < 4.78 is 21.2. The van der Waals surface area contributed by atoms with Gasteiger partial charge in [-0.05, 0) is 37.8 Å². The van der Waals surface area contributed by atoms with E-state index < -0.39 is 5.82 Å². The van der Waals surface area contributed by atoms with Crippen molar-refractivity contribution in [2.45, 2.75) is 57.0 Å². The number of halogens is 1. The minimum absolute atomic E-state index is 0.0836. The van der Waals surface area contributed by atoms with Gasteiger partial charge in [-0.1, -0.05) is 36.9 Å². The first-order valence-corrected chi connectivity index (χ1v) is 10.9. The largest absolute Gasteiger partial charge is 0.483 e. The summed E-state index contributed by atoms with van der Waals surface area (Å²) in [4.78, 5) is 14.7. The Morgan fingerprint density at radius 3 is 2.97 bits per heavy atom. The van der Waals surface area contributed by atoms with E-state index in [9.17, 15) is 9.18 Å². The fourth-order valence-electron chi connectivity index (χ4n) is 3.51. The van der Waals surface area contributed by atoms with Gasteiger partial charge in [0.1, 0.15) is 6.61 Å². The van der Waals surface area contributed by atoms with Crippen LogP contribution in [-0.2, 0) is 17.9 Å². The van der Waals surface area contributed by atoms with Gasteiger partial charge in [-0.3, -0.25) is 9.36 Å². The number of nitrogens with zero attached hydrogens (tertiary/aromatic N) is 4. The molecule has 1 amide bonds. The van der Waals surface area contributed by atoms with E-state index in [1.54, 1.807) is 24.3 Å². The van der Waals surface area contributed by atoms with E-state index in [0.717, 1.165) is 25.8 Å². The molecule has 0 N–H and O–H groups in total. The van der Waals surface area contributed by atoms with Crippen LogP contribution in [0.2, 0.25) is 0 Å². The summed E-state index contributed by atoms with van der Waals surface area (Å²) in [7, 11) is 0. The maximum Gasteiger partial charge on any atom is 0.233 e. The Balaban J connectivity index is 1.64. The molecule has 1 aliphatic rings. The Morgan fingerprint density at radius 2 is 2.21 bits per heavy atom. The molecule has 1 saturated heterocycles. The number of aromatic nitrogens is 3. The molecule has 0 spiro atoms. The zero-order chi connectivity index (χ0) is 20.6. The maximum absolute atomic E-state index is 13.8. The van der Waals surface area contributed by atoms with Crippen LogP contribution in [0.25, 0.3) is 0 Å². The van der Waals surface area contributed by atoms with Crippen LogP contribution in [0.4, 0.5) is 4.39 Å². The Hall–Kier alpha value is -2.35. The lowest BCUT2D eigenvalue weighted by Crippen LogP contribution is -2.44. The van der Waals surface area contributed by atoms with E-state index in [2.05, 4.69) is 23.7 Å². The molecule has 3 rings (SSSR count). The number of thioether (sulfide) groups is 1. The number of benzene rings is 1. The van der Waals surface area contributed by atoms with Gasteiger partial charge >= 0.3 is 0 Å². The number of carbonyl (C=O) groups excluding carboxylic acids is 1. The van der Waals surface area contributed by atoms with Crippen molar-refractivity contribution in [1.29, 1.82) is 0 Å². The molecule has 1 fully saturated rings. The van der Waals surface area contributed by atoms with Gasteiger partial charge in [0.15, 0.2) is 22.5 Å². The maximum atomic E-state index is 13.8. The average molecular weight is 419 g/mol. The molecule has 2 aromatic rings. The second-order valence-corrected chi connectivity index (χ2v) is 7.89. The summed E-state index contributed by atoms with van der Waals surface area (Å²) in [6.45, 7) is 7.31. The Kier molecular flexibility index (Phi) is 7.69. The number of hydrogen-bond acceptors (Lipinski definition) is 5. The van der Waals surface area contributed by atoms with Gasteiger partial charge in [-0.15, -0.1) is 16.8 Å². The molecule has 6 nitrogen and oxygen atoms in total. The van der Waals surface area contributed by atoms with E-state index in [0.29, 0.717) is 29.3 Å². The monoisotopic (exact) mass is 418 g/mol. The normalized spacial score (nSPS) is 16.6. The molecule has 0 aliphatic carbocycles. The van der Waals surface area contributed by atoms with Crippen molar-refractivity contribution in [3.63, 3.8) is 0 Å². The van der Waals surface area contributed by atoms with Crippen LogP contribution in [-0.4, -0.2) is 43.9 Å². The van der Waals surface area contributed by atoms with Crippen LogP contribution < -0.4 is 4.74 Å². The highest BCUT2D eigenvalue weighted by Gasteiger charge is 2.25. The van der Waals surface area contributed by atoms with Crippen LogP contribution in [0.1, 0.15) is 38.4 Å². The molecule has 1 atom stereocenters. The van der Waals surface area contributed by atoms with Crippen molar-refractivity contribution >= 4 is 17.7 Å². The predicted octanol–water partition coefficient (Wildman–Crippen LogP) is 4.07. The molecule has 8 heteroatoms. The molecular formula is C21H27FN4O2S. The van der Waals surface area contributed by atoms with Gasteiger partial charge in [0.25, 0.3) is 0 Å². The fourth-order valence-corrected chi connectivity index (χ4v) is 4.36. The minimum Gasteiger partial charge on any atom is -0.483 e. The minimum atomic E-state index is -0.422. The third kappa shape index (κ3) is 5.38. The average Bonchev–Trinajstić information content (AvgIpc) is 3.13. The van der Waals surface area contributed by atoms with Crippen LogP contribution in [0.15, 0.2) is 42.1 Å². The zero-order valence-electron chi connectivity index (χ0n) is 16.7. The number of amides is 1. The molecule has 29 heavy (non-hydrogen) atoms. The molecule has 1 aromatic heterocycles. The summed E-state index contributed by atoms with van der Waals surface area (Å²) in [5, 5.41) is 9.02. The predicted molar refractivity (Wildman–Crippen MR) is 111 cm³/mol. The van der Waals surface area contributed by atoms with Crippen molar-refractivity contribution in [2.75, 3.05) is 12.3 Å². The van der Waals surface area contributed by atoms with Gasteiger partial charge in [0.2, 0.25) is 5.91 Å². The van der Waals surface area contributed by atoms with Crippen molar-refractivity contribution in [3.05, 3.63) is 48.6 Å². The second kappa shape index (κ2) is 10.4. The van der Waals surface area contributed by atoms with Gasteiger partial charge in [0, 0.05) is 19.1 Å². The van der Waals surface area contributed by atoms with Crippen molar-refractivity contribution < 1.29 is 13.9 Å². The number of allylic oxidation sites excluding steroid dienone is 1. The summed E-state index contributed by atoms with van der Waals surface area (Å²) in [6, 6.07) is 6.58. The van der Waals surface area contributed by atoms with E-state index in [-0.39, 0.29) is 18.3 Å². The number of rotatable bonds is 9. The zero-order valence-corrected chi connectivity index (χ0v) is 17.5. The van der Waals surface area contributed by atoms with Crippen LogP contribution in [0.5, 0.6) is 5.75 Å². The molecule has 156 valence electrons. The number of para-hydroxylation sites is 1. The molecule has 1 aromatic carbocycles. The highest BCUT2D eigenvalue weighted by molar-refractivity contribution is 7.99. The topological polar surface area (TPSA) is 60.2 Å². The van der Waals surface area contributed by atoms with E-state index in [1.807, 2.05) is 9.47 Å². The summed E-state index contributed by atoms with van der Waals surface area (Å²) in [5.41, 5.74) is 0. The molecular weight excluding hydrogens is 391 g/mol. The summed E-state index contributed by atoms with van der Waals surface area (Å²) >= 11 is 1.37. The first-order chi connectivity index (χ1) is 14.1. The molecule has 1 aliphatic heterocycles. The molecule has 0 radical (unpaired) electrons. The van der Waals surface area contributed by atoms with Crippen LogP contribution in [0.3, 0.4) is 0 Å². The van der Waals surface area contributed by atoms with Gasteiger partial charge in [-0.2, -0.15) is 0 Å². The molecule has 2 heterocycles. The molecule has 0 saturated carbocycles. The third-order valence-corrected chi connectivity index (χ3v) is 5.99. The van der Waals surface area contributed by atoms with Crippen LogP contribution in [0, 0.1) is 5.82 Å². The highest BCUT2D eigenvalue weighted by Crippen LogP contribution is 2.24.